The summed E-state index contributed by atoms with van der Waals surface area (Å²) >= 11 is 5.12. The zero-order chi connectivity index (χ0) is 16.4. The van der Waals surface area contributed by atoms with Gasteiger partial charge in [0.2, 0.25) is 5.78 Å². The van der Waals surface area contributed by atoms with E-state index >= 15 is 0 Å². The number of aliphatic imine (C=N–C) groups is 1. The van der Waals surface area contributed by atoms with Gasteiger partial charge in [-0.05, 0) is 48.7 Å². The van der Waals surface area contributed by atoms with E-state index in [-0.39, 0.29) is 11.3 Å². The van der Waals surface area contributed by atoms with Gasteiger partial charge in [0.05, 0.1) is 11.8 Å². The number of benzene rings is 1. The molecule has 2 aromatic rings. The zero-order valence-electron chi connectivity index (χ0n) is 12.7. The molecule has 2 heterocycles. The summed E-state index contributed by atoms with van der Waals surface area (Å²) in [4.78, 5) is 16.9. The van der Waals surface area contributed by atoms with Crippen LogP contribution in [0.5, 0.6) is 0 Å². The molecule has 1 aromatic carbocycles. The Hall–Kier alpha value is -1.53. The number of thioether (sulfide) groups is 1. The molecule has 1 aromatic heterocycles. The number of carbonyl (C=O) groups is 1. The van der Waals surface area contributed by atoms with Crippen LogP contribution in [0.15, 0.2) is 50.5 Å². The van der Waals surface area contributed by atoms with E-state index in [4.69, 9.17) is 10.2 Å². The highest BCUT2D eigenvalue weighted by Gasteiger charge is 2.30. The molecule has 0 aliphatic carbocycles. The predicted octanol–water partition coefficient (Wildman–Crippen LogP) is 4.13. The Balaban J connectivity index is 1.90. The molecule has 0 spiro atoms. The van der Waals surface area contributed by atoms with E-state index in [1.807, 2.05) is 18.2 Å². The highest BCUT2D eigenvalue weighted by Crippen LogP contribution is 2.36. The van der Waals surface area contributed by atoms with Crippen molar-refractivity contribution >= 4 is 38.6 Å². The molecule has 1 aliphatic heterocycles. The fourth-order valence-corrected chi connectivity index (χ4v) is 4.18. The number of hydrogen-bond donors (Lipinski definition) is 1. The summed E-state index contributed by atoms with van der Waals surface area (Å²) in [5.41, 5.74) is 7.56. The second kappa shape index (κ2) is 6.53. The Morgan fingerprint density at radius 2 is 2.30 bits per heavy atom. The van der Waals surface area contributed by atoms with E-state index in [1.165, 1.54) is 6.26 Å². The van der Waals surface area contributed by atoms with Crippen molar-refractivity contribution in [2.24, 2.45) is 10.7 Å². The predicted molar refractivity (Wildman–Crippen MR) is 96.9 cm³/mol. The summed E-state index contributed by atoms with van der Waals surface area (Å²) in [6.45, 7) is 2.08. The van der Waals surface area contributed by atoms with Gasteiger partial charge in [0, 0.05) is 16.6 Å². The lowest BCUT2D eigenvalue weighted by Gasteiger charge is -2.30. The van der Waals surface area contributed by atoms with Crippen molar-refractivity contribution in [3.05, 3.63) is 58.0 Å². The Labute approximate surface area is 147 Å². The average Bonchev–Trinajstić information content (AvgIpc) is 3.00. The van der Waals surface area contributed by atoms with E-state index in [9.17, 15) is 4.79 Å². The zero-order valence-corrected chi connectivity index (χ0v) is 15.1. The van der Waals surface area contributed by atoms with Gasteiger partial charge < -0.3 is 10.2 Å². The fourth-order valence-electron chi connectivity index (χ4n) is 2.67. The normalized spacial score (nSPS) is 21.0. The Morgan fingerprint density at radius 1 is 1.48 bits per heavy atom. The molecule has 23 heavy (non-hydrogen) atoms. The van der Waals surface area contributed by atoms with Gasteiger partial charge >= 0.3 is 0 Å². The van der Waals surface area contributed by atoms with Crippen LogP contribution in [0.3, 0.4) is 0 Å². The van der Waals surface area contributed by atoms with Gasteiger partial charge in [-0.3, -0.25) is 9.79 Å². The van der Waals surface area contributed by atoms with Crippen molar-refractivity contribution in [2.45, 2.75) is 25.3 Å². The van der Waals surface area contributed by atoms with Crippen LogP contribution in [0.25, 0.3) is 0 Å². The van der Waals surface area contributed by atoms with Crippen molar-refractivity contribution in [3.63, 3.8) is 0 Å². The number of amidine groups is 1. The Bertz CT molecular complexity index is 758. The number of hydrogen-bond acceptors (Lipinski definition) is 5. The van der Waals surface area contributed by atoms with Crippen LogP contribution in [0.2, 0.25) is 0 Å². The maximum Gasteiger partial charge on any atom is 0.202 e. The third kappa shape index (κ3) is 3.70. The summed E-state index contributed by atoms with van der Waals surface area (Å²) in [5, 5.41) is 0.618. The third-order valence-corrected chi connectivity index (χ3v) is 5.19. The van der Waals surface area contributed by atoms with Crippen LogP contribution in [-0.2, 0) is 12.0 Å². The largest absolute Gasteiger partial charge is 0.461 e. The summed E-state index contributed by atoms with van der Waals surface area (Å²) in [5.74, 6) is 1.29. The average molecular weight is 393 g/mol. The number of Topliss-reactive ketones (excluding diaryl/α,β-unsaturated/α-hetero) is 1. The molecule has 1 aliphatic rings. The molecular formula is C17H17BrN2O2S. The molecule has 2 N–H and O–H groups in total. The van der Waals surface area contributed by atoms with Crippen molar-refractivity contribution in [3.8, 4) is 0 Å². The molecule has 3 rings (SSSR count). The van der Waals surface area contributed by atoms with Crippen LogP contribution in [0, 0.1) is 0 Å². The van der Waals surface area contributed by atoms with E-state index < -0.39 is 0 Å². The van der Waals surface area contributed by atoms with Gasteiger partial charge in [-0.2, -0.15) is 0 Å². The number of halogens is 1. The number of carbonyl (C=O) groups excluding carboxylic acids is 1. The molecule has 0 bridgehead atoms. The Morgan fingerprint density at radius 3 is 3.00 bits per heavy atom. The first-order valence-electron chi connectivity index (χ1n) is 7.31. The summed E-state index contributed by atoms with van der Waals surface area (Å²) < 4.78 is 6.11. The lowest BCUT2D eigenvalue weighted by atomic mass is 9.88. The molecule has 0 radical (unpaired) electrons. The Kier molecular flexibility index (Phi) is 4.64. The molecule has 4 nitrogen and oxygen atoms in total. The molecule has 0 saturated heterocycles. The second-order valence-corrected chi connectivity index (χ2v) is 7.78. The maximum absolute atomic E-state index is 12.2. The van der Waals surface area contributed by atoms with Crippen molar-refractivity contribution in [1.82, 2.24) is 0 Å². The first-order chi connectivity index (χ1) is 11.0. The van der Waals surface area contributed by atoms with Crippen LogP contribution in [-0.4, -0.2) is 16.7 Å². The summed E-state index contributed by atoms with van der Waals surface area (Å²) in [6, 6.07) is 9.45. The third-order valence-electron chi connectivity index (χ3n) is 3.94. The summed E-state index contributed by atoms with van der Waals surface area (Å²) in [6.07, 6.45) is 2.72. The molecule has 0 fully saturated rings. The number of furan rings is 1. The minimum Gasteiger partial charge on any atom is -0.461 e. The smallest absolute Gasteiger partial charge is 0.202 e. The summed E-state index contributed by atoms with van der Waals surface area (Å²) in [7, 11) is 0. The van der Waals surface area contributed by atoms with Crippen molar-refractivity contribution in [2.75, 3.05) is 5.75 Å². The van der Waals surface area contributed by atoms with Gasteiger partial charge in [-0.1, -0.05) is 33.8 Å². The van der Waals surface area contributed by atoms with E-state index in [0.717, 1.165) is 27.8 Å². The molecule has 120 valence electrons. The van der Waals surface area contributed by atoms with Crippen LogP contribution < -0.4 is 5.73 Å². The van der Waals surface area contributed by atoms with E-state index in [1.54, 1.807) is 23.9 Å². The van der Waals surface area contributed by atoms with Crippen LogP contribution in [0.1, 0.15) is 35.0 Å². The molecule has 6 heteroatoms. The number of ketones is 1. The van der Waals surface area contributed by atoms with Gasteiger partial charge in [0.1, 0.15) is 0 Å². The quantitative estimate of drug-likeness (QED) is 0.793. The molecule has 0 amide bonds. The van der Waals surface area contributed by atoms with Gasteiger partial charge in [0.15, 0.2) is 10.9 Å². The maximum atomic E-state index is 12.2. The standard InChI is InChI=1S/C17H17BrN2O2S/c1-17(4-6-23-16(19)20-17)12-7-11(8-13(18)10-12)9-14(21)15-3-2-5-22-15/h2-3,5,7-8,10H,4,6,9H2,1H3,(H2,19,20). The van der Waals surface area contributed by atoms with E-state index in [2.05, 4.69) is 27.8 Å². The molecule has 1 atom stereocenters. The number of rotatable bonds is 4. The number of nitrogens with zero attached hydrogens (tertiary/aromatic N) is 1. The minimum atomic E-state index is -0.346. The molecule has 1 unspecified atom stereocenters. The topological polar surface area (TPSA) is 68.6 Å². The first-order valence-corrected chi connectivity index (χ1v) is 9.09. The second-order valence-electron chi connectivity index (χ2n) is 5.75. The van der Waals surface area contributed by atoms with Crippen molar-refractivity contribution < 1.29 is 9.21 Å². The van der Waals surface area contributed by atoms with Gasteiger partial charge in [0.25, 0.3) is 0 Å². The van der Waals surface area contributed by atoms with E-state index in [0.29, 0.717) is 17.3 Å². The molecule has 0 saturated carbocycles. The van der Waals surface area contributed by atoms with Gasteiger partial charge in [-0.15, -0.1) is 0 Å². The number of nitrogens with two attached hydrogens (primary N) is 1. The van der Waals surface area contributed by atoms with Crippen molar-refractivity contribution in [1.29, 1.82) is 0 Å². The monoisotopic (exact) mass is 392 g/mol. The minimum absolute atomic E-state index is 0.0357. The van der Waals surface area contributed by atoms with Gasteiger partial charge in [-0.25, -0.2) is 0 Å². The van der Waals surface area contributed by atoms with Crippen LogP contribution >= 0.6 is 27.7 Å². The fraction of sp³-hybridized carbons (Fsp3) is 0.294. The lowest BCUT2D eigenvalue weighted by Crippen LogP contribution is -2.28. The SMILES string of the molecule is CC1(c2cc(Br)cc(CC(=O)c3ccco3)c2)CCSC(N)=N1. The lowest BCUT2D eigenvalue weighted by molar-refractivity contribution is 0.0966. The highest BCUT2D eigenvalue weighted by atomic mass is 79.9. The first kappa shape index (κ1) is 16.3. The molecular weight excluding hydrogens is 376 g/mol. The highest BCUT2D eigenvalue weighted by molar-refractivity contribution is 9.10. The van der Waals surface area contributed by atoms with Crippen LogP contribution in [0.4, 0.5) is 0 Å².